The van der Waals surface area contributed by atoms with Gasteiger partial charge in [0, 0.05) is 6.07 Å². The normalized spacial score (nSPS) is 10.6. The van der Waals surface area contributed by atoms with Crippen molar-refractivity contribution in [1.82, 2.24) is 5.43 Å². The summed E-state index contributed by atoms with van der Waals surface area (Å²) in [6.45, 7) is -0.223. The summed E-state index contributed by atoms with van der Waals surface area (Å²) in [5, 5.41) is 14.7. The number of carbonyl (C=O) groups is 1. The van der Waals surface area contributed by atoms with Crippen LogP contribution in [0.5, 0.6) is 5.75 Å². The first kappa shape index (κ1) is 18.8. The molecule has 0 radical (unpaired) electrons. The maximum Gasteiger partial charge on any atom is 0.278 e. The molecule has 0 unspecified atom stereocenters. The molecule has 0 heterocycles. The first-order valence-electron chi connectivity index (χ1n) is 8.47. The van der Waals surface area contributed by atoms with E-state index in [4.69, 9.17) is 4.74 Å². The summed E-state index contributed by atoms with van der Waals surface area (Å²) in [5.41, 5.74) is 4.64. The number of rotatable bonds is 7. The molecule has 1 N–H and O–H groups in total. The average Bonchev–Trinajstić information content (AvgIpc) is 2.73. The quantitative estimate of drug-likeness (QED) is 0.386. The number of ether oxygens (including phenoxy) is 1. The van der Waals surface area contributed by atoms with Crippen molar-refractivity contribution in [2.45, 2.75) is 0 Å². The molecule has 0 saturated carbocycles. The molecule has 0 aromatic heterocycles. The first-order valence-corrected chi connectivity index (χ1v) is 8.47. The lowest BCUT2D eigenvalue weighted by Gasteiger charge is -2.06. The van der Waals surface area contributed by atoms with E-state index in [1.807, 2.05) is 42.5 Å². The second-order valence-corrected chi connectivity index (χ2v) is 5.79. The molecule has 0 atom stereocenters. The molecule has 28 heavy (non-hydrogen) atoms. The van der Waals surface area contributed by atoms with Crippen molar-refractivity contribution >= 4 is 17.8 Å². The zero-order valence-corrected chi connectivity index (χ0v) is 14.8. The van der Waals surface area contributed by atoms with Crippen molar-refractivity contribution in [3.63, 3.8) is 0 Å². The molecule has 3 aromatic carbocycles. The highest BCUT2D eigenvalue weighted by Gasteiger charge is 2.10. The van der Waals surface area contributed by atoms with E-state index in [9.17, 15) is 14.9 Å². The molecular formula is C21H17N3O4. The molecular weight excluding hydrogens is 358 g/mol. The third-order valence-corrected chi connectivity index (χ3v) is 3.86. The van der Waals surface area contributed by atoms with Crippen molar-refractivity contribution < 1.29 is 14.5 Å². The molecule has 0 aliphatic carbocycles. The van der Waals surface area contributed by atoms with Crippen molar-refractivity contribution in [2.24, 2.45) is 5.10 Å². The lowest BCUT2D eigenvalue weighted by Crippen LogP contribution is -2.24. The van der Waals surface area contributed by atoms with Crippen LogP contribution in [0.2, 0.25) is 0 Å². The van der Waals surface area contributed by atoms with Crippen LogP contribution in [-0.4, -0.2) is 23.7 Å². The Morgan fingerprint density at radius 1 is 0.964 bits per heavy atom. The van der Waals surface area contributed by atoms with E-state index in [0.717, 1.165) is 11.1 Å². The lowest BCUT2D eigenvalue weighted by molar-refractivity contribution is -0.385. The minimum absolute atomic E-state index is 0.0877. The number of nitrogens with one attached hydrogen (secondary N) is 1. The Morgan fingerprint density at radius 3 is 2.32 bits per heavy atom. The van der Waals surface area contributed by atoms with Crippen molar-refractivity contribution in [1.29, 1.82) is 0 Å². The number of carbonyl (C=O) groups excluding carboxylic acids is 1. The van der Waals surface area contributed by atoms with Gasteiger partial charge >= 0.3 is 0 Å². The fraction of sp³-hybridized carbons (Fsp3) is 0.0476. The van der Waals surface area contributed by atoms with Gasteiger partial charge in [-0.15, -0.1) is 0 Å². The third-order valence-electron chi connectivity index (χ3n) is 3.86. The van der Waals surface area contributed by atoms with E-state index in [2.05, 4.69) is 10.5 Å². The Morgan fingerprint density at radius 2 is 1.61 bits per heavy atom. The molecule has 7 heteroatoms. The van der Waals surface area contributed by atoms with Crippen LogP contribution in [0.4, 0.5) is 5.69 Å². The highest BCUT2D eigenvalue weighted by atomic mass is 16.6. The number of hydrogen-bond donors (Lipinski definition) is 1. The van der Waals surface area contributed by atoms with Crippen LogP contribution in [0.1, 0.15) is 5.56 Å². The smallest absolute Gasteiger partial charge is 0.278 e. The Bertz CT molecular complexity index is 986. The SMILES string of the molecule is O=C(COc1ccc(-c2ccccc2)cc1)N/N=C\c1ccccc1[N+](=O)[O-]. The van der Waals surface area contributed by atoms with Crippen LogP contribution in [0.15, 0.2) is 84.0 Å². The van der Waals surface area contributed by atoms with Gasteiger partial charge in [0.1, 0.15) is 5.75 Å². The van der Waals surface area contributed by atoms with Gasteiger partial charge in [-0.3, -0.25) is 14.9 Å². The van der Waals surface area contributed by atoms with Crippen molar-refractivity contribution in [3.8, 4) is 16.9 Å². The van der Waals surface area contributed by atoms with Gasteiger partial charge in [-0.2, -0.15) is 5.10 Å². The van der Waals surface area contributed by atoms with E-state index in [-0.39, 0.29) is 12.3 Å². The van der Waals surface area contributed by atoms with E-state index in [0.29, 0.717) is 11.3 Å². The number of nitro groups is 1. The molecule has 0 fully saturated rings. The molecule has 7 nitrogen and oxygen atoms in total. The average molecular weight is 375 g/mol. The highest BCUT2D eigenvalue weighted by molar-refractivity contribution is 5.86. The molecule has 140 valence electrons. The lowest BCUT2D eigenvalue weighted by atomic mass is 10.1. The third kappa shape index (κ3) is 5.01. The summed E-state index contributed by atoms with van der Waals surface area (Å²) in [5.74, 6) is 0.0829. The zero-order chi connectivity index (χ0) is 19.8. The summed E-state index contributed by atoms with van der Waals surface area (Å²) in [4.78, 5) is 22.3. The standard InChI is InChI=1S/C21H17N3O4/c25-21(23-22-14-18-8-4-5-9-20(18)24(26)27)15-28-19-12-10-17(11-13-19)16-6-2-1-3-7-16/h1-14H,15H2,(H,23,25)/b22-14-. The minimum Gasteiger partial charge on any atom is -0.484 e. The number of nitro benzene ring substituents is 1. The monoisotopic (exact) mass is 375 g/mol. The fourth-order valence-electron chi connectivity index (χ4n) is 2.49. The van der Waals surface area contributed by atoms with E-state index in [1.165, 1.54) is 12.3 Å². The van der Waals surface area contributed by atoms with Gasteiger partial charge in [0.2, 0.25) is 0 Å². The van der Waals surface area contributed by atoms with E-state index >= 15 is 0 Å². The van der Waals surface area contributed by atoms with Crippen molar-refractivity contribution in [2.75, 3.05) is 6.61 Å². The molecule has 3 rings (SSSR count). The van der Waals surface area contributed by atoms with Gasteiger partial charge in [0.15, 0.2) is 6.61 Å². The summed E-state index contributed by atoms with van der Waals surface area (Å²) in [6.07, 6.45) is 1.23. The molecule has 0 bridgehead atoms. The number of hydrogen-bond acceptors (Lipinski definition) is 5. The largest absolute Gasteiger partial charge is 0.484 e. The Hall–Kier alpha value is -4.00. The number of nitrogens with zero attached hydrogens (tertiary/aromatic N) is 2. The van der Waals surface area contributed by atoms with Crippen molar-refractivity contribution in [3.05, 3.63) is 94.5 Å². The Balaban J connectivity index is 1.51. The van der Waals surface area contributed by atoms with E-state index in [1.54, 1.807) is 30.3 Å². The number of para-hydroxylation sites is 1. The number of benzene rings is 3. The predicted molar refractivity (Wildman–Crippen MR) is 106 cm³/mol. The van der Waals surface area contributed by atoms with Crippen LogP contribution in [0.3, 0.4) is 0 Å². The van der Waals surface area contributed by atoms with Gasteiger partial charge in [0.05, 0.1) is 16.7 Å². The molecule has 0 spiro atoms. The summed E-state index contributed by atoms with van der Waals surface area (Å²) in [6, 6.07) is 23.4. The second-order valence-electron chi connectivity index (χ2n) is 5.79. The predicted octanol–water partition coefficient (Wildman–Crippen LogP) is 3.79. The van der Waals surface area contributed by atoms with Gasteiger partial charge in [-0.25, -0.2) is 5.43 Å². The Kier molecular flexibility index (Phi) is 6.10. The van der Waals surface area contributed by atoms with Gasteiger partial charge in [-0.05, 0) is 29.3 Å². The van der Waals surface area contributed by atoms with Crippen LogP contribution in [0, 0.1) is 10.1 Å². The Labute approximate surface area is 161 Å². The molecule has 1 amide bonds. The van der Waals surface area contributed by atoms with Gasteiger partial charge in [-0.1, -0.05) is 54.6 Å². The minimum atomic E-state index is -0.509. The highest BCUT2D eigenvalue weighted by Crippen LogP contribution is 2.22. The maximum atomic E-state index is 11.8. The summed E-state index contributed by atoms with van der Waals surface area (Å²) in [7, 11) is 0. The molecule has 0 saturated heterocycles. The van der Waals surface area contributed by atoms with Gasteiger partial charge in [0.25, 0.3) is 11.6 Å². The topological polar surface area (TPSA) is 93.8 Å². The molecule has 0 aliphatic rings. The van der Waals surface area contributed by atoms with Crippen LogP contribution in [0.25, 0.3) is 11.1 Å². The number of amides is 1. The second kappa shape index (κ2) is 9.09. The zero-order valence-electron chi connectivity index (χ0n) is 14.8. The van der Waals surface area contributed by atoms with Crippen LogP contribution >= 0.6 is 0 Å². The first-order chi connectivity index (χ1) is 13.6. The van der Waals surface area contributed by atoms with E-state index < -0.39 is 10.8 Å². The summed E-state index contributed by atoms with van der Waals surface area (Å²) >= 11 is 0. The molecule has 0 aliphatic heterocycles. The number of hydrazone groups is 1. The fourth-order valence-corrected chi connectivity index (χ4v) is 2.49. The molecule has 3 aromatic rings. The van der Waals surface area contributed by atoms with Crippen LogP contribution in [-0.2, 0) is 4.79 Å². The van der Waals surface area contributed by atoms with Gasteiger partial charge < -0.3 is 4.74 Å². The van der Waals surface area contributed by atoms with Crippen LogP contribution < -0.4 is 10.2 Å². The summed E-state index contributed by atoms with van der Waals surface area (Å²) < 4.78 is 5.43. The maximum absolute atomic E-state index is 11.8.